The van der Waals surface area contributed by atoms with Gasteiger partial charge in [0.1, 0.15) is 18.7 Å². The molecule has 2 amide bonds. The van der Waals surface area contributed by atoms with Gasteiger partial charge in [-0.3, -0.25) is 4.79 Å². The minimum atomic E-state index is -1.01. The molecule has 1 saturated heterocycles. The van der Waals surface area contributed by atoms with Gasteiger partial charge in [-0.25, -0.2) is 9.59 Å². The summed E-state index contributed by atoms with van der Waals surface area (Å²) in [4.78, 5) is 38.0. The number of nitrogens with one attached hydrogen (secondary N) is 1. The van der Waals surface area contributed by atoms with Crippen LogP contribution in [0.5, 0.6) is 0 Å². The highest BCUT2D eigenvalue weighted by Crippen LogP contribution is 2.44. The molecular formula is C24H26N2O5. The van der Waals surface area contributed by atoms with E-state index in [1.54, 1.807) is 6.92 Å². The Morgan fingerprint density at radius 2 is 1.68 bits per heavy atom. The molecule has 2 aromatic rings. The van der Waals surface area contributed by atoms with Crippen molar-refractivity contribution in [2.75, 3.05) is 13.2 Å². The van der Waals surface area contributed by atoms with E-state index in [1.807, 2.05) is 36.4 Å². The molecule has 0 spiro atoms. The number of likely N-dealkylation sites (tertiary alicyclic amines) is 1. The van der Waals surface area contributed by atoms with Gasteiger partial charge in [0, 0.05) is 12.5 Å². The largest absolute Gasteiger partial charge is 0.480 e. The summed E-state index contributed by atoms with van der Waals surface area (Å²) in [6, 6.07) is 14.4. The number of amides is 2. The average molecular weight is 422 g/mol. The zero-order valence-electron chi connectivity index (χ0n) is 17.4. The topological polar surface area (TPSA) is 95.9 Å². The van der Waals surface area contributed by atoms with Crippen molar-refractivity contribution in [3.63, 3.8) is 0 Å². The van der Waals surface area contributed by atoms with Gasteiger partial charge in [-0.1, -0.05) is 48.5 Å². The van der Waals surface area contributed by atoms with E-state index in [0.717, 1.165) is 35.1 Å². The van der Waals surface area contributed by atoms with Crippen LogP contribution in [-0.4, -0.2) is 53.2 Å². The van der Waals surface area contributed by atoms with Gasteiger partial charge < -0.3 is 20.1 Å². The molecule has 2 atom stereocenters. The van der Waals surface area contributed by atoms with E-state index in [-0.39, 0.29) is 12.5 Å². The summed E-state index contributed by atoms with van der Waals surface area (Å²) in [6.45, 7) is 2.09. The van der Waals surface area contributed by atoms with E-state index in [9.17, 15) is 19.5 Å². The van der Waals surface area contributed by atoms with Gasteiger partial charge in [-0.2, -0.15) is 0 Å². The van der Waals surface area contributed by atoms with E-state index in [0.29, 0.717) is 13.0 Å². The minimum Gasteiger partial charge on any atom is -0.480 e. The molecule has 0 radical (unpaired) electrons. The molecule has 1 unspecified atom stereocenters. The quantitative estimate of drug-likeness (QED) is 0.770. The number of nitrogens with zero attached hydrogens (tertiary/aromatic N) is 1. The number of fused-ring (bicyclic) bond motifs is 3. The second kappa shape index (κ2) is 8.79. The first-order valence-electron chi connectivity index (χ1n) is 10.6. The maximum atomic E-state index is 12.7. The van der Waals surface area contributed by atoms with Crippen LogP contribution in [0.2, 0.25) is 0 Å². The Morgan fingerprint density at radius 3 is 2.29 bits per heavy atom. The molecule has 2 N–H and O–H groups in total. The molecule has 2 aromatic carbocycles. The third-order valence-corrected chi connectivity index (χ3v) is 6.12. The smallest absolute Gasteiger partial charge is 0.407 e. The summed E-state index contributed by atoms with van der Waals surface area (Å²) < 4.78 is 5.49. The Labute approximate surface area is 181 Å². The fraction of sp³-hybridized carbons (Fsp3) is 0.375. The number of carbonyl (C=O) groups is 3. The molecule has 162 valence electrons. The van der Waals surface area contributed by atoms with Crippen LogP contribution in [0.25, 0.3) is 11.1 Å². The van der Waals surface area contributed by atoms with Crippen LogP contribution in [-0.2, 0) is 14.3 Å². The van der Waals surface area contributed by atoms with E-state index >= 15 is 0 Å². The van der Waals surface area contributed by atoms with Crippen molar-refractivity contribution in [2.24, 2.45) is 0 Å². The highest BCUT2D eigenvalue weighted by Gasteiger charge is 2.35. The molecule has 0 saturated carbocycles. The molecule has 4 rings (SSSR count). The van der Waals surface area contributed by atoms with Gasteiger partial charge in [0.05, 0.1) is 0 Å². The third kappa shape index (κ3) is 4.13. The van der Waals surface area contributed by atoms with Crippen LogP contribution in [0, 0.1) is 0 Å². The summed E-state index contributed by atoms with van der Waals surface area (Å²) in [6.07, 6.45) is 1.27. The Balaban J connectivity index is 1.38. The summed E-state index contributed by atoms with van der Waals surface area (Å²) in [5, 5.41) is 11.9. The van der Waals surface area contributed by atoms with Crippen molar-refractivity contribution < 1.29 is 24.2 Å². The molecule has 2 aliphatic rings. The maximum absolute atomic E-state index is 12.7. The normalized spacial score (nSPS) is 18.6. The molecule has 31 heavy (non-hydrogen) atoms. The SMILES string of the molecule is C[C@@H](NC(=O)OCC1c2ccccc2-c2ccccc21)C(=O)N1CCCCC1C(=O)O. The number of carboxylic acids is 1. The highest BCUT2D eigenvalue weighted by molar-refractivity contribution is 5.89. The summed E-state index contributed by atoms with van der Waals surface area (Å²) in [5.41, 5.74) is 4.50. The molecular weight excluding hydrogens is 396 g/mol. The fourth-order valence-electron chi connectivity index (χ4n) is 4.58. The second-order valence-electron chi connectivity index (χ2n) is 8.07. The van der Waals surface area contributed by atoms with Crippen molar-refractivity contribution in [2.45, 2.75) is 44.2 Å². The lowest BCUT2D eigenvalue weighted by atomic mass is 9.98. The van der Waals surface area contributed by atoms with Crippen LogP contribution >= 0.6 is 0 Å². The van der Waals surface area contributed by atoms with E-state index in [2.05, 4.69) is 17.4 Å². The fourth-order valence-corrected chi connectivity index (χ4v) is 4.58. The number of alkyl carbamates (subject to hydrolysis) is 1. The van der Waals surface area contributed by atoms with Crippen molar-refractivity contribution in [3.05, 3.63) is 59.7 Å². The summed E-state index contributed by atoms with van der Waals surface area (Å²) in [5.74, 6) is -1.48. The Bertz CT molecular complexity index is 959. The molecule has 7 heteroatoms. The van der Waals surface area contributed by atoms with Gasteiger partial charge in [0.25, 0.3) is 0 Å². The first-order chi connectivity index (χ1) is 15.0. The number of hydrogen-bond acceptors (Lipinski definition) is 4. The van der Waals surface area contributed by atoms with Crippen LogP contribution in [0.4, 0.5) is 4.79 Å². The van der Waals surface area contributed by atoms with E-state index in [1.165, 1.54) is 4.90 Å². The molecule has 7 nitrogen and oxygen atoms in total. The van der Waals surface area contributed by atoms with Crippen molar-refractivity contribution in [1.29, 1.82) is 0 Å². The summed E-state index contributed by atoms with van der Waals surface area (Å²) in [7, 11) is 0. The zero-order chi connectivity index (χ0) is 22.0. The standard InChI is InChI=1S/C24H26N2O5/c1-15(22(27)26-13-7-6-12-21(26)23(28)29)25-24(30)31-14-20-18-10-4-2-8-16(18)17-9-3-5-11-19(17)20/h2-5,8-11,15,20-21H,6-7,12-14H2,1H3,(H,25,30)(H,28,29)/t15-,21?/m1/s1. The molecule has 1 aliphatic carbocycles. The predicted molar refractivity (Wildman–Crippen MR) is 115 cm³/mol. The first-order valence-corrected chi connectivity index (χ1v) is 10.6. The van der Waals surface area contributed by atoms with Gasteiger partial charge >= 0.3 is 12.1 Å². The second-order valence-corrected chi connectivity index (χ2v) is 8.07. The van der Waals surface area contributed by atoms with Crippen LogP contribution in [0.3, 0.4) is 0 Å². The number of piperidine rings is 1. The van der Waals surface area contributed by atoms with E-state index in [4.69, 9.17) is 4.74 Å². The van der Waals surface area contributed by atoms with Gasteiger partial charge in [0.15, 0.2) is 0 Å². The number of benzene rings is 2. The van der Waals surface area contributed by atoms with Crippen LogP contribution < -0.4 is 5.32 Å². The minimum absolute atomic E-state index is 0.0670. The summed E-state index contributed by atoms with van der Waals surface area (Å²) >= 11 is 0. The highest BCUT2D eigenvalue weighted by atomic mass is 16.5. The molecule has 1 aliphatic heterocycles. The number of carboxylic acid groups (broad SMARTS) is 1. The zero-order valence-corrected chi connectivity index (χ0v) is 17.4. The first kappa shape index (κ1) is 20.9. The van der Waals surface area contributed by atoms with E-state index < -0.39 is 30.1 Å². The van der Waals surface area contributed by atoms with Crippen molar-refractivity contribution >= 4 is 18.0 Å². The number of carbonyl (C=O) groups excluding carboxylic acids is 2. The van der Waals surface area contributed by atoms with Crippen LogP contribution in [0.1, 0.15) is 43.2 Å². The Hall–Kier alpha value is -3.35. The number of aliphatic carboxylic acids is 1. The van der Waals surface area contributed by atoms with Crippen molar-refractivity contribution in [3.8, 4) is 11.1 Å². The lowest BCUT2D eigenvalue weighted by molar-refractivity contribution is -0.152. The van der Waals surface area contributed by atoms with Gasteiger partial charge in [0.2, 0.25) is 5.91 Å². The number of rotatable bonds is 5. The average Bonchev–Trinajstić information content (AvgIpc) is 3.11. The number of ether oxygens (including phenoxy) is 1. The number of hydrogen-bond donors (Lipinski definition) is 2. The molecule has 0 bridgehead atoms. The molecule has 1 fully saturated rings. The Kier molecular flexibility index (Phi) is 5.93. The Morgan fingerprint density at radius 1 is 1.06 bits per heavy atom. The molecule has 0 aromatic heterocycles. The lowest BCUT2D eigenvalue weighted by Gasteiger charge is -2.34. The maximum Gasteiger partial charge on any atom is 0.407 e. The van der Waals surface area contributed by atoms with Crippen LogP contribution in [0.15, 0.2) is 48.5 Å². The van der Waals surface area contributed by atoms with Gasteiger partial charge in [-0.05, 0) is 48.4 Å². The van der Waals surface area contributed by atoms with Gasteiger partial charge in [-0.15, -0.1) is 0 Å². The van der Waals surface area contributed by atoms with Crippen molar-refractivity contribution in [1.82, 2.24) is 10.2 Å². The lowest BCUT2D eigenvalue weighted by Crippen LogP contribution is -2.54. The predicted octanol–water partition coefficient (Wildman–Crippen LogP) is 3.38. The monoisotopic (exact) mass is 422 g/mol. The third-order valence-electron chi connectivity index (χ3n) is 6.12. The molecule has 1 heterocycles.